The number of hydrogen-bond acceptors (Lipinski definition) is 8. The molecule has 3 N–H and O–H groups in total. The summed E-state index contributed by atoms with van der Waals surface area (Å²) < 4.78 is 37.9. The van der Waals surface area contributed by atoms with Crippen molar-refractivity contribution < 1.29 is 32.6 Å². The quantitative estimate of drug-likeness (QED) is 0.292. The lowest BCUT2D eigenvalue weighted by molar-refractivity contribution is -0.222. The molecule has 0 aromatic heterocycles. The summed E-state index contributed by atoms with van der Waals surface area (Å²) in [7, 11) is -4.01. The lowest BCUT2D eigenvalue weighted by Crippen LogP contribution is -2.42. The fraction of sp³-hybridized carbons (Fsp3) is 0.158. The van der Waals surface area contributed by atoms with Gasteiger partial charge in [0.1, 0.15) is 10.6 Å². The van der Waals surface area contributed by atoms with E-state index in [2.05, 4.69) is 10.0 Å². The SMILES string of the molecule is CC1(C)OC(=O)C(=CNc2ccccc2S(=O)(=O)Nc2ccc(O)cc2)C(=O)O1. The number of cyclic esters (lactones) is 2. The van der Waals surface area contributed by atoms with Crippen molar-refractivity contribution in [1.82, 2.24) is 0 Å². The van der Waals surface area contributed by atoms with Crippen LogP contribution < -0.4 is 10.0 Å². The third kappa shape index (κ3) is 4.66. The van der Waals surface area contributed by atoms with Crippen molar-refractivity contribution in [3.63, 3.8) is 0 Å². The van der Waals surface area contributed by atoms with Crippen molar-refractivity contribution in [2.75, 3.05) is 10.0 Å². The Bertz CT molecular complexity index is 1070. The highest BCUT2D eigenvalue weighted by molar-refractivity contribution is 7.92. The number of anilines is 2. The maximum atomic E-state index is 12.8. The number of benzene rings is 2. The van der Waals surface area contributed by atoms with E-state index >= 15 is 0 Å². The number of rotatable bonds is 5. The van der Waals surface area contributed by atoms with Gasteiger partial charge >= 0.3 is 11.9 Å². The Morgan fingerprint density at radius 1 is 0.966 bits per heavy atom. The van der Waals surface area contributed by atoms with E-state index in [0.29, 0.717) is 0 Å². The van der Waals surface area contributed by atoms with E-state index in [1.54, 1.807) is 6.07 Å². The molecule has 9 nitrogen and oxygen atoms in total. The first-order valence-corrected chi connectivity index (χ1v) is 9.90. The first-order valence-electron chi connectivity index (χ1n) is 8.42. The molecule has 2 aromatic carbocycles. The Morgan fingerprint density at radius 2 is 1.55 bits per heavy atom. The number of carbonyl (C=O) groups is 2. The highest BCUT2D eigenvalue weighted by Gasteiger charge is 2.39. The average Bonchev–Trinajstić information content (AvgIpc) is 2.62. The van der Waals surface area contributed by atoms with Crippen LogP contribution in [0.2, 0.25) is 0 Å². The molecule has 0 radical (unpaired) electrons. The zero-order valence-electron chi connectivity index (χ0n) is 15.5. The number of ether oxygens (including phenoxy) is 2. The second kappa shape index (κ2) is 7.47. The molecule has 3 rings (SSSR count). The number of esters is 2. The van der Waals surface area contributed by atoms with Crippen molar-refractivity contribution >= 4 is 33.3 Å². The third-order valence-electron chi connectivity index (χ3n) is 3.78. The van der Waals surface area contributed by atoms with E-state index in [0.717, 1.165) is 6.20 Å². The highest BCUT2D eigenvalue weighted by atomic mass is 32.2. The monoisotopic (exact) mass is 418 g/mol. The molecule has 1 fully saturated rings. The fourth-order valence-electron chi connectivity index (χ4n) is 2.49. The predicted molar refractivity (Wildman–Crippen MR) is 103 cm³/mol. The molecule has 152 valence electrons. The van der Waals surface area contributed by atoms with Crippen LogP contribution in [-0.2, 0) is 29.1 Å². The van der Waals surface area contributed by atoms with E-state index in [1.165, 1.54) is 56.3 Å². The Labute approximate surface area is 167 Å². The summed E-state index contributed by atoms with van der Waals surface area (Å²) in [5.74, 6) is -3.15. The molecular weight excluding hydrogens is 400 g/mol. The lowest BCUT2D eigenvalue weighted by atomic mass is 10.2. The zero-order valence-corrected chi connectivity index (χ0v) is 16.3. The number of nitrogens with one attached hydrogen (secondary N) is 2. The minimum absolute atomic E-state index is 0.00364. The molecular formula is C19H18N2O7S. The Kier molecular flexibility index (Phi) is 5.21. The van der Waals surface area contributed by atoms with E-state index in [1.807, 2.05) is 0 Å². The summed E-state index contributed by atoms with van der Waals surface area (Å²) >= 11 is 0. The third-order valence-corrected chi connectivity index (χ3v) is 5.22. The number of hydrogen-bond donors (Lipinski definition) is 3. The van der Waals surface area contributed by atoms with E-state index in [4.69, 9.17) is 9.47 Å². The number of sulfonamides is 1. The summed E-state index contributed by atoms with van der Waals surface area (Å²) in [6.07, 6.45) is 1.04. The number of phenolic OH excluding ortho intramolecular Hbond substituents is 1. The highest BCUT2D eigenvalue weighted by Crippen LogP contribution is 2.26. The molecule has 29 heavy (non-hydrogen) atoms. The van der Waals surface area contributed by atoms with Crippen LogP contribution in [0.5, 0.6) is 5.75 Å². The molecule has 2 aromatic rings. The number of aromatic hydroxyl groups is 1. The molecule has 0 spiro atoms. The summed E-state index contributed by atoms with van der Waals surface area (Å²) in [5.41, 5.74) is -0.0302. The number of carbonyl (C=O) groups excluding carboxylic acids is 2. The standard InChI is InChI=1S/C19H18N2O7S/c1-19(2)27-17(23)14(18(24)28-19)11-20-15-5-3-4-6-16(15)29(25,26)21-12-7-9-13(22)10-8-12/h3-11,20-22H,1-2H3. The summed E-state index contributed by atoms with van der Waals surface area (Å²) in [6.45, 7) is 2.84. The Balaban J connectivity index is 1.86. The van der Waals surface area contributed by atoms with Gasteiger partial charge in [0.25, 0.3) is 15.8 Å². The van der Waals surface area contributed by atoms with Crippen LogP contribution >= 0.6 is 0 Å². The van der Waals surface area contributed by atoms with Gasteiger partial charge in [0, 0.05) is 25.7 Å². The van der Waals surface area contributed by atoms with E-state index in [-0.39, 0.29) is 22.0 Å². The largest absolute Gasteiger partial charge is 0.508 e. The number of phenols is 1. The van der Waals surface area contributed by atoms with Crippen LogP contribution in [0.25, 0.3) is 0 Å². The molecule has 0 saturated carbocycles. The molecule has 1 saturated heterocycles. The zero-order chi connectivity index (χ0) is 21.2. The maximum Gasteiger partial charge on any atom is 0.350 e. The van der Waals surface area contributed by atoms with Crippen molar-refractivity contribution in [3.05, 3.63) is 60.3 Å². The Morgan fingerprint density at radius 3 is 2.17 bits per heavy atom. The number of para-hydroxylation sites is 1. The first kappa shape index (κ1) is 20.2. The van der Waals surface area contributed by atoms with Crippen LogP contribution in [0.4, 0.5) is 11.4 Å². The minimum atomic E-state index is -4.01. The molecule has 0 atom stereocenters. The first-order chi connectivity index (χ1) is 13.6. The van der Waals surface area contributed by atoms with Gasteiger partial charge in [-0.25, -0.2) is 18.0 Å². The van der Waals surface area contributed by atoms with Gasteiger partial charge in [-0.05, 0) is 36.4 Å². The smallest absolute Gasteiger partial charge is 0.350 e. The van der Waals surface area contributed by atoms with Gasteiger partial charge in [-0.2, -0.15) is 0 Å². The summed E-state index contributed by atoms with van der Waals surface area (Å²) in [6, 6.07) is 11.4. The fourth-order valence-corrected chi connectivity index (χ4v) is 3.72. The Hall–Kier alpha value is -3.53. The van der Waals surface area contributed by atoms with Gasteiger partial charge in [0.2, 0.25) is 0 Å². The molecule has 0 unspecified atom stereocenters. The van der Waals surface area contributed by atoms with Crippen molar-refractivity contribution in [2.24, 2.45) is 0 Å². The molecule has 10 heteroatoms. The maximum absolute atomic E-state index is 12.8. The van der Waals surface area contributed by atoms with Crippen LogP contribution in [0.1, 0.15) is 13.8 Å². The van der Waals surface area contributed by atoms with Crippen LogP contribution in [0.15, 0.2) is 65.2 Å². The van der Waals surface area contributed by atoms with Gasteiger partial charge in [0.05, 0.1) is 5.69 Å². The molecule has 0 aliphatic carbocycles. The molecule has 1 aliphatic rings. The molecule has 1 aliphatic heterocycles. The summed E-state index contributed by atoms with van der Waals surface area (Å²) in [5, 5.41) is 12.0. The van der Waals surface area contributed by atoms with Gasteiger partial charge in [-0.1, -0.05) is 12.1 Å². The van der Waals surface area contributed by atoms with Crippen molar-refractivity contribution in [2.45, 2.75) is 24.5 Å². The molecule has 1 heterocycles. The average molecular weight is 418 g/mol. The summed E-state index contributed by atoms with van der Waals surface area (Å²) in [4.78, 5) is 23.9. The second-order valence-electron chi connectivity index (χ2n) is 6.53. The van der Waals surface area contributed by atoms with Gasteiger partial charge in [-0.15, -0.1) is 0 Å². The minimum Gasteiger partial charge on any atom is -0.508 e. The lowest BCUT2D eigenvalue weighted by Gasteiger charge is -2.29. The van der Waals surface area contributed by atoms with Crippen LogP contribution in [0, 0.1) is 0 Å². The normalized spacial score (nSPS) is 15.9. The topological polar surface area (TPSA) is 131 Å². The van der Waals surface area contributed by atoms with Gasteiger partial charge < -0.3 is 19.9 Å². The molecule has 0 bridgehead atoms. The predicted octanol–water partition coefficient (Wildman–Crippen LogP) is 2.32. The van der Waals surface area contributed by atoms with Crippen LogP contribution in [0.3, 0.4) is 0 Å². The van der Waals surface area contributed by atoms with Gasteiger partial charge in [-0.3, -0.25) is 4.72 Å². The van der Waals surface area contributed by atoms with Crippen molar-refractivity contribution in [3.8, 4) is 5.75 Å². The second-order valence-corrected chi connectivity index (χ2v) is 8.18. The van der Waals surface area contributed by atoms with E-state index < -0.39 is 33.3 Å². The van der Waals surface area contributed by atoms with Crippen LogP contribution in [-0.4, -0.2) is 31.3 Å². The van der Waals surface area contributed by atoms with Gasteiger partial charge in [0.15, 0.2) is 5.57 Å². The van der Waals surface area contributed by atoms with Crippen molar-refractivity contribution in [1.29, 1.82) is 0 Å². The molecule has 0 amide bonds. The van der Waals surface area contributed by atoms with E-state index in [9.17, 15) is 23.1 Å².